The van der Waals surface area contributed by atoms with Gasteiger partial charge < -0.3 is 14.5 Å². The number of hydrogen-bond acceptors (Lipinski definition) is 5. The molecule has 2 aliphatic heterocycles. The molecule has 0 amide bonds. The van der Waals surface area contributed by atoms with Crippen molar-refractivity contribution >= 4 is 22.4 Å². The van der Waals surface area contributed by atoms with E-state index in [-0.39, 0.29) is 0 Å². The van der Waals surface area contributed by atoms with Gasteiger partial charge in [-0.05, 0) is 49.2 Å². The van der Waals surface area contributed by atoms with Gasteiger partial charge in [-0.15, -0.1) is 0 Å². The molecule has 3 aromatic rings. The molecule has 2 aliphatic rings. The van der Waals surface area contributed by atoms with E-state index < -0.39 is 0 Å². The molecule has 2 fully saturated rings. The lowest BCUT2D eigenvalue weighted by Gasteiger charge is -2.34. The second-order valence-electron chi connectivity index (χ2n) is 7.76. The average Bonchev–Trinajstić information content (AvgIpc) is 3.11. The molecule has 6 heteroatoms. The Hall–Kier alpha value is -2.60. The van der Waals surface area contributed by atoms with E-state index in [0.717, 1.165) is 57.9 Å². The molecular formula is C22H27N5O. The van der Waals surface area contributed by atoms with Crippen molar-refractivity contribution in [3.05, 3.63) is 48.3 Å². The molecule has 146 valence electrons. The molecule has 6 nitrogen and oxygen atoms in total. The molecule has 0 bridgehead atoms. The SMILES string of the molecule is Cn1nc(C2CCN(c3ccc(N4CCOCC4)cc3)CC2)c2cccnc21. The Balaban J connectivity index is 1.26. The number of morpholine rings is 1. The highest BCUT2D eigenvalue weighted by Gasteiger charge is 2.25. The largest absolute Gasteiger partial charge is 0.378 e. The average molecular weight is 377 g/mol. The second-order valence-corrected chi connectivity index (χ2v) is 7.76. The summed E-state index contributed by atoms with van der Waals surface area (Å²) in [6.07, 6.45) is 4.11. The van der Waals surface area contributed by atoms with Crippen molar-refractivity contribution in [1.82, 2.24) is 14.8 Å². The molecule has 2 saturated heterocycles. The fourth-order valence-corrected chi connectivity index (χ4v) is 4.53. The van der Waals surface area contributed by atoms with Gasteiger partial charge >= 0.3 is 0 Å². The van der Waals surface area contributed by atoms with E-state index in [0.29, 0.717) is 5.92 Å². The number of nitrogens with zero attached hydrogens (tertiary/aromatic N) is 5. The van der Waals surface area contributed by atoms with Crippen molar-refractivity contribution in [2.75, 3.05) is 49.2 Å². The Kier molecular flexibility index (Phi) is 4.64. The van der Waals surface area contributed by atoms with Crippen molar-refractivity contribution in [1.29, 1.82) is 0 Å². The van der Waals surface area contributed by atoms with Crippen LogP contribution in [0.3, 0.4) is 0 Å². The predicted molar refractivity (Wildman–Crippen MR) is 112 cm³/mol. The molecule has 0 saturated carbocycles. The highest BCUT2D eigenvalue weighted by atomic mass is 16.5. The van der Waals surface area contributed by atoms with Crippen LogP contribution in [0.2, 0.25) is 0 Å². The number of piperidine rings is 1. The zero-order valence-corrected chi connectivity index (χ0v) is 16.4. The van der Waals surface area contributed by atoms with Crippen LogP contribution < -0.4 is 9.80 Å². The van der Waals surface area contributed by atoms with Gasteiger partial charge in [0.25, 0.3) is 0 Å². The molecule has 2 aromatic heterocycles. The monoisotopic (exact) mass is 377 g/mol. The first-order chi connectivity index (χ1) is 13.8. The maximum absolute atomic E-state index is 5.45. The van der Waals surface area contributed by atoms with Gasteiger partial charge in [0.05, 0.1) is 18.9 Å². The molecule has 4 heterocycles. The standard InChI is InChI=1S/C22H27N5O/c1-25-22-20(3-2-10-23-22)21(24-25)17-8-11-26(12-9-17)18-4-6-19(7-5-18)27-13-15-28-16-14-27/h2-7,10,17H,8-9,11-16H2,1H3. The molecule has 28 heavy (non-hydrogen) atoms. The van der Waals surface area contributed by atoms with E-state index in [2.05, 4.69) is 45.1 Å². The minimum atomic E-state index is 0.511. The molecule has 0 unspecified atom stereocenters. The summed E-state index contributed by atoms with van der Waals surface area (Å²) in [6.45, 7) is 5.76. The highest BCUT2D eigenvalue weighted by Crippen LogP contribution is 2.33. The topological polar surface area (TPSA) is 46.4 Å². The third-order valence-corrected chi connectivity index (χ3v) is 6.10. The number of ether oxygens (including phenoxy) is 1. The third-order valence-electron chi connectivity index (χ3n) is 6.10. The minimum absolute atomic E-state index is 0.511. The molecule has 0 spiro atoms. The van der Waals surface area contributed by atoms with Gasteiger partial charge in [-0.2, -0.15) is 5.10 Å². The zero-order valence-electron chi connectivity index (χ0n) is 16.4. The van der Waals surface area contributed by atoms with Crippen LogP contribution in [-0.4, -0.2) is 54.2 Å². The zero-order chi connectivity index (χ0) is 18.9. The summed E-state index contributed by atoms with van der Waals surface area (Å²) in [7, 11) is 1.99. The van der Waals surface area contributed by atoms with Crippen molar-refractivity contribution in [2.24, 2.45) is 7.05 Å². The third kappa shape index (κ3) is 3.22. The minimum Gasteiger partial charge on any atom is -0.378 e. The number of hydrogen-bond donors (Lipinski definition) is 0. The van der Waals surface area contributed by atoms with Gasteiger partial charge in [-0.1, -0.05) is 0 Å². The highest BCUT2D eigenvalue weighted by molar-refractivity contribution is 5.78. The predicted octanol–water partition coefficient (Wildman–Crippen LogP) is 3.19. The summed E-state index contributed by atoms with van der Waals surface area (Å²) in [4.78, 5) is 9.39. The van der Waals surface area contributed by atoms with E-state index in [1.165, 1.54) is 22.5 Å². The molecule has 0 N–H and O–H groups in total. The Morgan fingerprint density at radius 3 is 2.21 bits per heavy atom. The first kappa shape index (κ1) is 17.5. The Morgan fingerprint density at radius 2 is 1.54 bits per heavy atom. The van der Waals surface area contributed by atoms with Crippen molar-refractivity contribution in [2.45, 2.75) is 18.8 Å². The summed E-state index contributed by atoms with van der Waals surface area (Å²) >= 11 is 0. The number of fused-ring (bicyclic) bond motifs is 1. The maximum Gasteiger partial charge on any atom is 0.157 e. The van der Waals surface area contributed by atoms with E-state index in [1.807, 2.05) is 24.0 Å². The molecule has 5 rings (SSSR count). The smallest absolute Gasteiger partial charge is 0.157 e. The summed E-state index contributed by atoms with van der Waals surface area (Å²) in [5, 5.41) is 6.00. The number of rotatable bonds is 3. The Bertz CT molecular complexity index is 937. The first-order valence-electron chi connectivity index (χ1n) is 10.2. The number of benzene rings is 1. The molecule has 0 radical (unpaired) electrons. The second kappa shape index (κ2) is 7.43. The van der Waals surface area contributed by atoms with Crippen molar-refractivity contribution < 1.29 is 4.74 Å². The fraction of sp³-hybridized carbons (Fsp3) is 0.455. The van der Waals surface area contributed by atoms with Gasteiger partial charge in [-0.3, -0.25) is 4.68 Å². The summed E-state index contributed by atoms with van der Waals surface area (Å²) in [6, 6.07) is 13.2. The van der Waals surface area contributed by atoms with Crippen LogP contribution in [0.15, 0.2) is 42.6 Å². The van der Waals surface area contributed by atoms with Gasteiger partial charge in [0, 0.05) is 62.1 Å². The Morgan fingerprint density at radius 1 is 0.893 bits per heavy atom. The quantitative estimate of drug-likeness (QED) is 0.702. The summed E-state index contributed by atoms with van der Waals surface area (Å²) in [5.74, 6) is 0.511. The maximum atomic E-state index is 5.45. The summed E-state index contributed by atoms with van der Waals surface area (Å²) < 4.78 is 7.37. The molecule has 1 aromatic carbocycles. The lowest BCUT2D eigenvalue weighted by Crippen LogP contribution is -2.36. The van der Waals surface area contributed by atoms with Crippen LogP contribution in [0.1, 0.15) is 24.5 Å². The van der Waals surface area contributed by atoms with Crippen molar-refractivity contribution in [3.8, 4) is 0 Å². The number of aromatic nitrogens is 3. The Labute approximate surface area is 165 Å². The summed E-state index contributed by atoms with van der Waals surface area (Å²) in [5.41, 5.74) is 4.82. The van der Waals surface area contributed by atoms with Crippen LogP contribution in [0.4, 0.5) is 11.4 Å². The number of pyridine rings is 1. The number of anilines is 2. The van der Waals surface area contributed by atoms with Gasteiger partial charge in [0.2, 0.25) is 0 Å². The lowest BCUT2D eigenvalue weighted by atomic mass is 9.92. The van der Waals surface area contributed by atoms with E-state index in [9.17, 15) is 0 Å². The van der Waals surface area contributed by atoms with E-state index in [1.54, 1.807) is 0 Å². The van der Waals surface area contributed by atoms with Crippen LogP contribution in [0, 0.1) is 0 Å². The van der Waals surface area contributed by atoms with Gasteiger partial charge in [0.1, 0.15) is 0 Å². The van der Waals surface area contributed by atoms with E-state index >= 15 is 0 Å². The normalized spacial score (nSPS) is 18.8. The van der Waals surface area contributed by atoms with Crippen LogP contribution in [0.25, 0.3) is 11.0 Å². The number of aryl methyl sites for hydroxylation is 1. The first-order valence-corrected chi connectivity index (χ1v) is 10.2. The van der Waals surface area contributed by atoms with Gasteiger partial charge in [-0.25, -0.2) is 4.98 Å². The van der Waals surface area contributed by atoms with Crippen LogP contribution >= 0.6 is 0 Å². The lowest BCUT2D eigenvalue weighted by molar-refractivity contribution is 0.122. The molecular weight excluding hydrogens is 350 g/mol. The van der Waals surface area contributed by atoms with E-state index in [4.69, 9.17) is 9.84 Å². The van der Waals surface area contributed by atoms with Crippen molar-refractivity contribution in [3.63, 3.8) is 0 Å². The van der Waals surface area contributed by atoms with Gasteiger partial charge in [0.15, 0.2) is 5.65 Å². The fourth-order valence-electron chi connectivity index (χ4n) is 4.53. The van der Waals surface area contributed by atoms with Crippen LogP contribution in [0.5, 0.6) is 0 Å². The molecule has 0 aliphatic carbocycles. The van der Waals surface area contributed by atoms with Crippen LogP contribution in [-0.2, 0) is 11.8 Å². The molecule has 0 atom stereocenters.